The minimum Gasteiger partial charge on any atom is -0.507 e. The van der Waals surface area contributed by atoms with Crippen LogP contribution in [-0.4, -0.2) is 24.2 Å². The summed E-state index contributed by atoms with van der Waals surface area (Å²) in [6.45, 7) is 2.19. The molecule has 0 spiro atoms. The van der Waals surface area contributed by atoms with E-state index in [1.165, 1.54) is 17.7 Å². The van der Waals surface area contributed by atoms with E-state index in [2.05, 4.69) is 17.4 Å². The molecule has 0 atom stereocenters. The van der Waals surface area contributed by atoms with Gasteiger partial charge in [0.1, 0.15) is 11.5 Å². The third-order valence-corrected chi connectivity index (χ3v) is 3.17. The standard InChI is InChI=1S/C17H20N2O3/c18-17(21)15-8-7-14(11-16(15)20)22-10-4-9-19-12-13-5-2-1-3-6-13/h1-3,5-8,11,19-20H,4,9-10,12H2,(H2,18,21). The zero-order valence-corrected chi connectivity index (χ0v) is 12.3. The summed E-state index contributed by atoms with van der Waals surface area (Å²) in [5.41, 5.74) is 6.46. The maximum absolute atomic E-state index is 11.0. The zero-order valence-electron chi connectivity index (χ0n) is 12.3. The number of carbonyl (C=O) groups is 1. The fraction of sp³-hybridized carbons (Fsp3) is 0.235. The minimum absolute atomic E-state index is 0.0943. The van der Waals surface area contributed by atoms with Crippen LogP contribution in [0.25, 0.3) is 0 Å². The number of nitrogens with one attached hydrogen (secondary N) is 1. The lowest BCUT2D eigenvalue weighted by Crippen LogP contribution is -2.17. The molecule has 0 aromatic heterocycles. The maximum atomic E-state index is 11.0. The third kappa shape index (κ3) is 4.79. The normalized spacial score (nSPS) is 10.4. The van der Waals surface area contributed by atoms with Crippen molar-refractivity contribution in [3.63, 3.8) is 0 Å². The van der Waals surface area contributed by atoms with Crippen molar-refractivity contribution in [2.24, 2.45) is 5.73 Å². The van der Waals surface area contributed by atoms with Crippen LogP contribution in [0.15, 0.2) is 48.5 Å². The van der Waals surface area contributed by atoms with Gasteiger partial charge in [0.15, 0.2) is 0 Å². The van der Waals surface area contributed by atoms with Crippen LogP contribution in [0.1, 0.15) is 22.3 Å². The zero-order chi connectivity index (χ0) is 15.8. The largest absolute Gasteiger partial charge is 0.507 e. The van der Waals surface area contributed by atoms with Gasteiger partial charge in [-0.05, 0) is 30.7 Å². The smallest absolute Gasteiger partial charge is 0.252 e. The lowest BCUT2D eigenvalue weighted by atomic mass is 10.2. The molecule has 116 valence electrons. The molecule has 0 aliphatic carbocycles. The summed E-state index contributed by atoms with van der Waals surface area (Å²) in [6, 6.07) is 14.7. The van der Waals surface area contributed by atoms with Gasteiger partial charge in [-0.1, -0.05) is 30.3 Å². The molecular weight excluding hydrogens is 280 g/mol. The fourth-order valence-corrected chi connectivity index (χ4v) is 2.03. The summed E-state index contributed by atoms with van der Waals surface area (Å²) in [5, 5.41) is 13.0. The Labute approximate surface area is 129 Å². The Morgan fingerprint density at radius 3 is 2.64 bits per heavy atom. The van der Waals surface area contributed by atoms with Gasteiger partial charge in [-0.2, -0.15) is 0 Å². The SMILES string of the molecule is NC(=O)c1ccc(OCCCNCc2ccccc2)cc1O. The van der Waals surface area contributed by atoms with Gasteiger partial charge in [-0.15, -0.1) is 0 Å². The Morgan fingerprint density at radius 2 is 1.95 bits per heavy atom. The van der Waals surface area contributed by atoms with Gasteiger partial charge in [0.05, 0.1) is 12.2 Å². The van der Waals surface area contributed by atoms with Crippen LogP contribution >= 0.6 is 0 Å². The number of ether oxygens (including phenoxy) is 1. The Bertz CT molecular complexity index is 615. The molecule has 2 aromatic carbocycles. The van der Waals surface area contributed by atoms with E-state index < -0.39 is 5.91 Å². The van der Waals surface area contributed by atoms with Gasteiger partial charge in [0.2, 0.25) is 0 Å². The summed E-state index contributed by atoms with van der Waals surface area (Å²) in [5.74, 6) is -0.299. The van der Waals surface area contributed by atoms with Crippen LogP contribution in [0.5, 0.6) is 11.5 Å². The number of primary amides is 1. The van der Waals surface area contributed by atoms with E-state index in [0.717, 1.165) is 19.5 Å². The van der Waals surface area contributed by atoms with Crippen LogP contribution in [0.2, 0.25) is 0 Å². The predicted octanol–water partition coefficient (Wildman–Crippen LogP) is 2.05. The molecule has 0 aliphatic rings. The first kappa shape index (κ1) is 15.9. The Morgan fingerprint density at radius 1 is 1.18 bits per heavy atom. The first-order chi connectivity index (χ1) is 10.7. The van der Waals surface area contributed by atoms with Gasteiger partial charge in [0.25, 0.3) is 5.91 Å². The Kier molecular flexibility index (Phi) is 5.80. The van der Waals surface area contributed by atoms with E-state index in [1.807, 2.05) is 18.2 Å². The minimum atomic E-state index is -0.658. The molecule has 0 saturated heterocycles. The highest BCUT2D eigenvalue weighted by Crippen LogP contribution is 2.23. The van der Waals surface area contributed by atoms with Crippen LogP contribution in [0, 0.1) is 0 Å². The van der Waals surface area contributed by atoms with Crippen LogP contribution in [0.3, 0.4) is 0 Å². The summed E-state index contributed by atoms with van der Waals surface area (Å²) < 4.78 is 5.52. The average molecular weight is 300 g/mol. The van der Waals surface area contributed by atoms with Gasteiger partial charge >= 0.3 is 0 Å². The van der Waals surface area contributed by atoms with Crippen molar-refractivity contribution in [2.75, 3.05) is 13.2 Å². The average Bonchev–Trinajstić information content (AvgIpc) is 2.51. The molecule has 0 aliphatic heterocycles. The van der Waals surface area contributed by atoms with Gasteiger partial charge in [0, 0.05) is 12.6 Å². The number of phenols is 1. The van der Waals surface area contributed by atoms with Gasteiger partial charge < -0.3 is 20.9 Å². The second-order valence-corrected chi connectivity index (χ2v) is 4.91. The summed E-state index contributed by atoms with van der Waals surface area (Å²) in [7, 11) is 0. The Hall–Kier alpha value is -2.53. The Balaban J connectivity index is 1.66. The predicted molar refractivity (Wildman–Crippen MR) is 84.9 cm³/mol. The molecule has 2 rings (SSSR count). The number of rotatable bonds is 8. The lowest BCUT2D eigenvalue weighted by Gasteiger charge is -2.09. The maximum Gasteiger partial charge on any atom is 0.252 e. The van der Waals surface area contributed by atoms with Crippen molar-refractivity contribution in [1.29, 1.82) is 0 Å². The van der Waals surface area contributed by atoms with Crippen molar-refractivity contribution >= 4 is 5.91 Å². The van der Waals surface area contributed by atoms with Crippen LogP contribution < -0.4 is 15.8 Å². The molecular formula is C17H20N2O3. The number of carbonyl (C=O) groups excluding carboxylic acids is 1. The van der Waals surface area contributed by atoms with E-state index in [0.29, 0.717) is 12.4 Å². The monoisotopic (exact) mass is 300 g/mol. The van der Waals surface area contributed by atoms with Crippen molar-refractivity contribution < 1.29 is 14.6 Å². The van der Waals surface area contributed by atoms with Crippen molar-refractivity contribution in [2.45, 2.75) is 13.0 Å². The molecule has 2 aromatic rings. The third-order valence-electron chi connectivity index (χ3n) is 3.17. The molecule has 0 bridgehead atoms. The highest BCUT2D eigenvalue weighted by molar-refractivity contribution is 5.95. The quantitative estimate of drug-likeness (QED) is 0.651. The number of amides is 1. The van der Waals surface area contributed by atoms with Crippen molar-refractivity contribution in [1.82, 2.24) is 5.32 Å². The molecule has 0 fully saturated rings. The molecule has 0 heterocycles. The highest BCUT2D eigenvalue weighted by atomic mass is 16.5. The molecule has 0 radical (unpaired) electrons. The van der Waals surface area contributed by atoms with E-state index in [-0.39, 0.29) is 11.3 Å². The summed E-state index contributed by atoms with van der Waals surface area (Å²) >= 11 is 0. The van der Waals surface area contributed by atoms with Crippen molar-refractivity contribution in [3.05, 3.63) is 59.7 Å². The molecule has 0 unspecified atom stereocenters. The molecule has 5 nitrogen and oxygen atoms in total. The van der Waals surface area contributed by atoms with E-state index in [9.17, 15) is 9.90 Å². The second kappa shape index (κ2) is 8.05. The molecule has 22 heavy (non-hydrogen) atoms. The van der Waals surface area contributed by atoms with Crippen molar-refractivity contribution in [3.8, 4) is 11.5 Å². The first-order valence-corrected chi connectivity index (χ1v) is 7.17. The number of aromatic hydroxyl groups is 1. The summed E-state index contributed by atoms with van der Waals surface area (Å²) in [4.78, 5) is 11.0. The van der Waals surface area contributed by atoms with Crippen LogP contribution in [-0.2, 0) is 6.54 Å². The molecule has 5 heteroatoms. The lowest BCUT2D eigenvalue weighted by molar-refractivity contribution is 0.0997. The number of hydrogen-bond donors (Lipinski definition) is 3. The number of benzene rings is 2. The first-order valence-electron chi connectivity index (χ1n) is 7.17. The number of nitrogens with two attached hydrogens (primary N) is 1. The van der Waals surface area contributed by atoms with Gasteiger partial charge in [-0.3, -0.25) is 4.79 Å². The fourth-order valence-electron chi connectivity index (χ4n) is 2.03. The molecule has 4 N–H and O–H groups in total. The number of hydrogen-bond acceptors (Lipinski definition) is 4. The van der Waals surface area contributed by atoms with E-state index in [1.54, 1.807) is 6.07 Å². The topological polar surface area (TPSA) is 84.6 Å². The highest BCUT2D eigenvalue weighted by Gasteiger charge is 2.08. The second-order valence-electron chi connectivity index (χ2n) is 4.91. The van der Waals surface area contributed by atoms with Crippen LogP contribution in [0.4, 0.5) is 0 Å². The van der Waals surface area contributed by atoms with E-state index in [4.69, 9.17) is 10.5 Å². The molecule has 1 amide bonds. The molecule has 0 saturated carbocycles. The van der Waals surface area contributed by atoms with Gasteiger partial charge in [-0.25, -0.2) is 0 Å². The summed E-state index contributed by atoms with van der Waals surface area (Å²) in [6.07, 6.45) is 0.838. The van der Waals surface area contributed by atoms with E-state index >= 15 is 0 Å².